The summed E-state index contributed by atoms with van der Waals surface area (Å²) in [6.45, 7) is 4.75. The molecule has 1 atom stereocenters. The lowest BCUT2D eigenvalue weighted by Crippen LogP contribution is -2.44. The molecule has 142 valence electrons. The topological polar surface area (TPSA) is 58.4 Å². The Balaban J connectivity index is 1.65. The van der Waals surface area contributed by atoms with Crippen LogP contribution < -0.4 is 0 Å². The van der Waals surface area contributed by atoms with Crippen molar-refractivity contribution in [1.82, 2.24) is 19.4 Å². The lowest BCUT2D eigenvalue weighted by Gasteiger charge is -2.40. The predicted octanol–water partition coefficient (Wildman–Crippen LogP) is 2.73. The van der Waals surface area contributed by atoms with Gasteiger partial charge in [-0.2, -0.15) is 0 Å². The quantitative estimate of drug-likeness (QED) is 0.821. The highest BCUT2D eigenvalue weighted by molar-refractivity contribution is 5.94. The summed E-state index contributed by atoms with van der Waals surface area (Å²) in [6, 6.07) is 9.48. The monoisotopic (exact) mass is 366 g/mol. The summed E-state index contributed by atoms with van der Waals surface area (Å²) in [4.78, 5) is 33.6. The van der Waals surface area contributed by atoms with Crippen molar-refractivity contribution in [2.24, 2.45) is 5.92 Å². The Morgan fingerprint density at radius 3 is 2.48 bits per heavy atom. The number of hydrogen-bond acceptors (Lipinski definition) is 3. The van der Waals surface area contributed by atoms with Gasteiger partial charge in [-0.3, -0.25) is 9.59 Å². The lowest BCUT2D eigenvalue weighted by molar-refractivity contribution is -0.130. The van der Waals surface area contributed by atoms with E-state index in [4.69, 9.17) is 0 Å². The van der Waals surface area contributed by atoms with Gasteiger partial charge < -0.3 is 14.4 Å². The zero-order valence-electron chi connectivity index (χ0n) is 15.8. The van der Waals surface area contributed by atoms with Crippen LogP contribution in [0.3, 0.4) is 0 Å². The summed E-state index contributed by atoms with van der Waals surface area (Å²) in [5.74, 6) is 1.50. The molecule has 3 heterocycles. The van der Waals surface area contributed by atoms with Crippen LogP contribution in [0.15, 0.2) is 42.7 Å². The first-order valence-electron chi connectivity index (χ1n) is 9.77. The van der Waals surface area contributed by atoms with E-state index in [1.165, 1.54) is 0 Å². The number of carbonyl (C=O) groups excluding carboxylic acids is 2. The van der Waals surface area contributed by atoms with Gasteiger partial charge in [-0.05, 0) is 37.3 Å². The molecule has 27 heavy (non-hydrogen) atoms. The van der Waals surface area contributed by atoms with Gasteiger partial charge in [-0.25, -0.2) is 4.98 Å². The Labute approximate surface area is 159 Å². The van der Waals surface area contributed by atoms with E-state index in [1.54, 1.807) is 6.92 Å². The van der Waals surface area contributed by atoms with Crippen LogP contribution in [-0.4, -0.2) is 50.8 Å². The van der Waals surface area contributed by atoms with Crippen molar-refractivity contribution in [3.05, 3.63) is 54.1 Å². The van der Waals surface area contributed by atoms with Crippen molar-refractivity contribution < 1.29 is 9.59 Å². The van der Waals surface area contributed by atoms with Crippen LogP contribution in [-0.2, 0) is 11.3 Å². The second kappa shape index (κ2) is 7.55. The molecular formula is C21H26N4O2. The molecule has 2 aliphatic heterocycles. The lowest BCUT2D eigenvalue weighted by atomic mass is 9.87. The minimum Gasteiger partial charge on any atom is -0.343 e. The SMILES string of the molecule is CC(=O)N1CCC(C2c3nccn3CCCN2C(=O)c2ccccc2)CC1. The summed E-state index contributed by atoms with van der Waals surface area (Å²) in [6.07, 6.45) is 6.57. The molecule has 0 bridgehead atoms. The minimum atomic E-state index is -0.0377. The van der Waals surface area contributed by atoms with Crippen LogP contribution in [0.5, 0.6) is 0 Å². The van der Waals surface area contributed by atoms with E-state index in [9.17, 15) is 9.59 Å². The number of nitrogens with zero attached hydrogens (tertiary/aromatic N) is 4. The third-order valence-electron chi connectivity index (χ3n) is 5.86. The highest BCUT2D eigenvalue weighted by atomic mass is 16.2. The highest BCUT2D eigenvalue weighted by Crippen LogP contribution is 2.37. The largest absolute Gasteiger partial charge is 0.343 e. The van der Waals surface area contributed by atoms with E-state index >= 15 is 0 Å². The number of rotatable bonds is 2. The Morgan fingerprint density at radius 1 is 1.04 bits per heavy atom. The molecule has 4 rings (SSSR count). The maximum Gasteiger partial charge on any atom is 0.254 e. The first kappa shape index (κ1) is 17.8. The molecule has 1 fully saturated rings. The molecule has 0 saturated carbocycles. The predicted molar refractivity (Wildman–Crippen MR) is 102 cm³/mol. The van der Waals surface area contributed by atoms with E-state index in [2.05, 4.69) is 9.55 Å². The normalized spacial score (nSPS) is 20.9. The summed E-state index contributed by atoms with van der Waals surface area (Å²) in [5.41, 5.74) is 0.726. The number of fused-ring (bicyclic) bond motifs is 1. The summed E-state index contributed by atoms with van der Waals surface area (Å²) in [5, 5.41) is 0. The fourth-order valence-corrected chi connectivity index (χ4v) is 4.44. The van der Waals surface area contributed by atoms with Gasteiger partial charge in [0.15, 0.2) is 0 Å². The Morgan fingerprint density at radius 2 is 1.78 bits per heavy atom. The molecule has 0 radical (unpaired) electrons. The van der Waals surface area contributed by atoms with Gasteiger partial charge >= 0.3 is 0 Å². The van der Waals surface area contributed by atoms with Crippen LogP contribution in [0.25, 0.3) is 0 Å². The van der Waals surface area contributed by atoms with Gasteiger partial charge in [-0.15, -0.1) is 0 Å². The van der Waals surface area contributed by atoms with Crippen molar-refractivity contribution in [2.75, 3.05) is 19.6 Å². The number of benzene rings is 1. The molecule has 1 saturated heterocycles. The zero-order valence-corrected chi connectivity index (χ0v) is 15.8. The number of hydrogen-bond donors (Lipinski definition) is 0. The molecule has 0 aliphatic carbocycles. The molecular weight excluding hydrogens is 340 g/mol. The average Bonchev–Trinajstić information content (AvgIpc) is 3.08. The summed E-state index contributed by atoms with van der Waals surface area (Å²) in [7, 11) is 0. The van der Waals surface area contributed by atoms with Gasteiger partial charge in [0.25, 0.3) is 5.91 Å². The number of piperidine rings is 1. The number of imidazole rings is 1. The van der Waals surface area contributed by atoms with Gasteiger partial charge in [0, 0.05) is 51.1 Å². The molecule has 1 aromatic carbocycles. The second-order valence-corrected chi connectivity index (χ2v) is 7.49. The van der Waals surface area contributed by atoms with Gasteiger partial charge in [0.2, 0.25) is 5.91 Å². The van der Waals surface area contributed by atoms with Gasteiger partial charge in [-0.1, -0.05) is 18.2 Å². The molecule has 0 spiro atoms. The van der Waals surface area contributed by atoms with E-state index in [1.807, 2.05) is 52.5 Å². The van der Waals surface area contributed by atoms with E-state index < -0.39 is 0 Å². The van der Waals surface area contributed by atoms with E-state index in [0.29, 0.717) is 5.92 Å². The fraction of sp³-hybridized carbons (Fsp3) is 0.476. The number of amides is 2. The minimum absolute atomic E-state index is 0.0377. The average molecular weight is 366 g/mol. The molecule has 1 aromatic heterocycles. The Bertz CT molecular complexity index is 809. The molecule has 2 aromatic rings. The van der Waals surface area contributed by atoms with Crippen molar-refractivity contribution in [3.63, 3.8) is 0 Å². The molecule has 2 aliphatic rings. The van der Waals surface area contributed by atoms with Gasteiger partial charge in [0.05, 0.1) is 6.04 Å². The zero-order chi connectivity index (χ0) is 18.8. The number of carbonyl (C=O) groups is 2. The first-order chi connectivity index (χ1) is 13.1. The van der Waals surface area contributed by atoms with Crippen molar-refractivity contribution >= 4 is 11.8 Å². The molecule has 0 N–H and O–H groups in total. The number of aromatic nitrogens is 2. The van der Waals surface area contributed by atoms with Crippen molar-refractivity contribution in [2.45, 2.75) is 38.8 Å². The van der Waals surface area contributed by atoms with Crippen LogP contribution in [0.2, 0.25) is 0 Å². The second-order valence-electron chi connectivity index (χ2n) is 7.49. The van der Waals surface area contributed by atoms with E-state index in [0.717, 1.165) is 56.8 Å². The standard InChI is InChI=1S/C21H26N4O2/c1-16(26)23-13-8-17(9-14-23)19-20-22-10-15-24(20)11-5-12-25(19)21(27)18-6-3-2-4-7-18/h2-4,6-7,10,15,17,19H,5,8-9,11-14H2,1H3. The van der Waals surface area contributed by atoms with Crippen molar-refractivity contribution in [3.8, 4) is 0 Å². The van der Waals surface area contributed by atoms with Crippen molar-refractivity contribution in [1.29, 1.82) is 0 Å². The third kappa shape index (κ3) is 3.48. The molecule has 2 amide bonds. The van der Waals surface area contributed by atoms with Crippen LogP contribution in [0.1, 0.15) is 48.4 Å². The molecule has 6 heteroatoms. The highest BCUT2D eigenvalue weighted by Gasteiger charge is 2.38. The van der Waals surface area contributed by atoms with Crippen LogP contribution >= 0.6 is 0 Å². The molecule has 1 unspecified atom stereocenters. The van der Waals surface area contributed by atoms with Gasteiger partial charge in [0.1, 0.15) is 5.82 Å². The summed E-state index contributed by atoms with van der Waals surface area (Å²) >= 11 is 0. The van der Waals surface area contributed by atoms with Crippen LogP contribution in [0.4, 0.5) is 0 Å². The Hall–Kier alpha value is -2.63. The smallest absolute Gasteiger partial charge is 0.254 e. The fourth-order valence-electron chi connectivity index (χ4n) is 4.44. The first-order valence-corrected chi connectivity index (χ1v) is 9.77. The maximum absolute atomic E-state index is 13.3. The number of aryl methyl sites for hydroxylation is 1. The third-order valence-corrected chi connectivity index (χ3v) is 5.86. The maximum atomic E-state index is 13.3. The Kier molecular flexibility index (Phi) is 4.97. The van der Waals surface area contributed by atoms with Crippen LogP contribution in [0, 0.1) is 5.92 Å². The number of likely N-dealkylation sites (tertiary alicyclic amines) is 1. The van der Waals surface area contributed by atoms with E-state index in [-0.39, 0.29) is 17.9 Å². The summed E-state index contributed by atoms with van der Waals surface area (Å²) < 4.78 is 2.19. The molecule has 6 nitrogen and oxygen atoms in total.